The number of hydrogen-bond acceptors (Lipinski definition) is 1. The van der Waals surface area contributed by atoms with Crippen molar-refractivity contribution in [3.8, 4) is 0 Å². The molecule has 2 rings (SSSR count). The zero-order chi connectivity index (χ0) is 14.0. The van der Waals surface area contributed by atoms with Gasteiger partial charge in [0, 0.05) is 8.95 Å². The van der Waals surface area contributed by atoms with Crippen LogP contribution in [0.3, 0.4) is 0 Å². The number of nitrogens with one attached hydrogen (secondary N) is 1. The smallest absolute Gasteiger partial charge is 0.256 e. The van der Waals surface area contributed by atoms with Crippen molar-refractivity contribution in [2.45, 2.75) is 13.8 Å². The standard InChI is InChI=1S/C15H13Br2NO/c1-9-6-7-12(16)11(8-9)15(19)18-13-5-3-4-10(2)14(13)17/h3-8H,1-2H3,(H,18,19). The quantitative estimate of drug-likeness (QED) is 0.770. The summed E-state index contributed by atoms with van der Waals surface area (Å²) in [5.41, 5.74) is 3.55. The van der Waals surface area contributed by atoms with Crippen molar-refractivity contribution in [2.24, 2.45) is 0 Å². The van der Waals surface area contributed by atoms with E-state index in [9.17, 15) is 4.79 Å². The summed E-state index contributed by atoms with van der Waals surface area (Å²) in [5, 5.41) is 2.92. The molecule has 2 nitrogen and oxygen atoms in total. The monoisotopic (exact) mass is 381 g/mol. The second kappa shape index (κ2) is 5.88. The third-order valence-electron chi connectivity index (χ3n) is 2.81. The summed E-state index contributed by atoms with van der Waals surface area (Å²) in [7, 11) is 0. The van der Waals surface area contributed by atoms with E-state index in [1.54, 1.807) is 0 Å². The van der Waals surface area contributed by atoms with Crippen LogP contribution in [0.25, 0.3) is 0 Å². The summed E-state index contributed by atoms with van der Waals surface area (Å²) >= 11 is 6.89. The summed E-state index contributed by atoms with van der Waals surface area (Å²) in [4.78, 5) is 12.3. The zero-order valence-electron chi connectivity index (χ0n) is 10.6. The predicted molar refractivity (Wildman–Crippen MR) is 85.7 cm³/mol. The molecule has 1 N–H and O–H groups in total. The average Bonchev–Trinajstić information content (AvgIpc) is 2.38. The molecule has 0 aromatic heterocycles. The lowest BCUT2D eigenvalue weighted by molar-refractivity contribution is 0.102. The van der Waals surface area contributed by atoms with Crippen LogP contribution in [-0.2, 0) is 0 Å². The third-order valence-corrected chi connectivity index (χ3v) is 4.55. The number of benzene rings is 2. The molecule has 0 aliphatic rings. The number of hydrogen-bond donors (Lipinski definition) is 1. The Labute approximate surface area is 129 Å². The van der Waals surface area contributed by atoms with Crippen LogP contribution in [0.15, 0.2) is 45.3 Å². The molecule has 0 radical (unpaired) electrons. The summed E-state index contributed by atoms with van der Waals surface area (Å²) < 4.78 is 1.70. The zero-order valence-corrected chi connectivity index (χ0v) is 13.8. The molecule has 0 atom stereocenters. The van der Waals surface area contributed by atoms with Crippen LogP contribution in [0.5, 0.6) is 0 Å². The van der Waals surface area contributed by atoms with Crippen molar-refractivity contribution in [2.75, 3.05) is 5.32 Å². The van der Waals surface area contributed by atoms with Gasteiger partial charge in [-0.2, -0.15) is 0 Å². The van der Waals surface area contributed by atoms with E-state index < -0.39 is 0 Å². The van der Waals surface area contributed by atoms with Crippen LogP contribution in [-0.4, -0.2) is 5.91 Å². The molecule has 0 aliphatic heterocycles. The fourth-order valence-electron chi connectivity index (χ4n) is 1.75. The Balaban J connectivity index is 2.31. The van der Waals surface area contributed by atoms with Gasteiger partial charge in [-0.05, 0) is 69.5 Å². The highest BCUT2D eigenvalue weighted by Gasteiger charge is 2.12. The maximum absolute atomic E-state index is 12.3. The highest BCUT2D eigenvalue weighted by Crippen LogP contribution is 2.27. The van der Waals surface area contributed by atoms with Crippen molar-refractivity contribution < 1.29 is 4.79 Å². The first kappa shape index (κ1) is 14.3. The Morgan fingerprint density at radius 2 is 1.84 bits per heavy atom. The number of halogens is 2. The molecule has 2 aromatic rings. The molecule has 4 heteroatoms. The van der Waals surface area contributed by atoms with Gasteiger partial charge in [0.1, 0.15) is 0 Å². The largest absolute Gasteiger partial charge is 0.321 e. The van der Waals surface area contributed by atoms with Crippen LogP contribution in [0.4, 0.5) is 5.69 Å². The topological polar surface area (TPSA) is 29.1 Å². The lowest BCUT2D eigenvalue weighted by Crippen LogP contribution is -2.13. The molecule has 0 bridgehead atoms. The molecule has 19 heavy (non-hydrogen) atoms. The van der Waals surface area contributed by atoms with Crippen molar-refractivity contribution in [3.63, 3.8) is 0 Å². The number of anilines is 1. The van der Waals surface area contributed by atoms with Crippen molar-refractivity contribution >= 4 is 43.5 Å². The van der Waals surface area contributed by atoms with Crippen LogP contribution in [0, 0.1) is 13.8 Å². The van der Waals surface area contributed by atoms with Gasteiger partial charge in [0.25, 0.3) is 5.91 Å². The Kier molecular flexibility index (Phi) is 4.42. The maximum atomic E-state index is 12.3. The molecule has 0 spiro atoms. The van der Waals surface area contributed by atoms with Crippen molar-refractivity contribution in [3.05, 3.63) is 62.0 Å². The van der Waals surface area contributed by atoms with Gasteiger partial charge in [-0.3, -0.25) is 4.79 Å². The van der Waals surface area contributed by atoms with Crippen molar-refractivity contribution in [1.29, 1.82) is 0 Å². The second-order valence-electron chi connectivity index (χ2n) is 4.37. The molecule has 2 aromatic carbocycles. The van der Waals surface area contributed by atoms with Gasteiger partial charge in [0.2, 0.25) is 0 Å². The Bertz CT molecular complexity index is 638. The first-order chi connectivity index (χ1) is 8.99. The molecule has 0 fully saturated rings. The van der Waals surface area contributed by atoms with Crippen molar-refractivity contribution in [1.82, 2.24) is 0 Å². The molecule has 0 saturated heterocycles. The minimum Gasteiger partial charge on any atom is -0.321 e. The predicted octanol–water partition coefficient (Wildman–Crippen LogP) is 5.08. The molecule has 0 aliphatic carbocycles. The normalized spacial score (nSPS) is 10.3. The van der Waals surface area contributed by atoms with Gasteiger partial charge in [-0.25, -0.2) is 0 Å². The minimum absolute atomic E-state index is 0.123. The van der Waals surface area contributed by atoms with Crippen LogP contribution in [0.1, 0.15) is 21.5 Å². The van der Waals surface area contributed by atoms with Gasteiger partial charge in [-0.15, -0.1) is 0 Å². The summed E-state index contributed by atoms with van der Waals surface area (Å²) in [6.45, 7) is 3.95. The highest BCUT2D eigenvalue weighted by molar-refractivity contribution is 9.11. The molecular formula is C15H13Br2NO. The number of carbonyl (C=O) groups is 1. The minimum atomic E-state index is -0.123. The van der Waals surface area contributed by atoms with Gasteiger partial charge in [0.15, 0.2) is 0 Å². The Morgan fingerprint density at radius 3 is 2.58 bits per heavy atom. The molecule has 98 valence electrons. The molecular weight excluding hydrogens is 370 g/mol. The molecule has 1 amide bonds. The SMILES string of the molecule is Cc1ccc(Br)c(C(=O)Nc2cccc(C)c2Br)c1. The summed E-state index contributed by atoms with van der Waals surface area (Å²) in [6.07, 6.45) is 0. The van der Waals surface area contributed by atoms with E-state index in [1.807, 2.05) is 50.2 Å². The fraction of sp³-hybridized carbons (Fsp3) is 0.133. The third kappa shape index (κ3) is 3.25. The van der Waals surface area contributed by atoms with E-state index in [1.165, 1.54) is 0 Å². The van der Waals surface area contributed by atoms with Crippen LogP contribution >= 0.6 is 31.9 Å². The van der Waals surface area contributed by atoms with Gasteiger partial charge in [-0.1, -0.05) is 23.8 Å². The fourth-order valence-corrected chi connectivity index (χ4v) is 2.54. The van der Waals surface area contributed by atoms with E-state index in [4.69, 9.17) is 0 Å². The lowest BCUT2D eigenvalue weighted by atomic mass is 10.1. The van der Waals surface area contributed by atoms with E-state index in [2.05, 4.69) is 37.2 Å². The average molecular weight is 383 g/mol. The second-order valence-corrected chi connectivity index (χ2v) is 6.02. The molecule has 0 unspecified atom stereocenters. The van der Waals surface area contributed by atoms with Gasteiger partial charge >= 0.3 is 0 Å². The lowest BCUT2D eigenvalue weighted by Gasteiger charge is -2.10. The Morgan fingerprint density at radius 1 is 1.11 bits per heavy atom. The maximum Gasteiger partial charge on any atom is 0.256 e. The Hall–Kier alpha value is -1.13. The van der Waals surface area contributed by atoms with E-state index in [0.29, 0.717) is 5.56 Å². The van der Waals surface area contributed by atoms with Crippen LogP contribution < -0.4 is 5.32 Å². The molecule has 0 saturated carbocycles. The highest BCUT2D eigenvalue weighted by atomic mass is 79.9. The van der Waals surface area contributed by atoms with Gasteiger partial charge < -0.3 is 5.32 Å². The number of aryl methyl sites for hydroxylation is 2. The summed E-state index contributed by atoms with van der Waals surface area (Å²) in [5.74, 6) is -0.123. The van der Waals surface area contributed by atoms with E-state index >= 15 is 0 Å². The first-order valence-corrected chi connectivity index (χ1v) is 7.40. The molecule has 0 heterocycles. The first-order valence-electron chi connectivity index (χ1n) is 5.81. The summed E-state index contributed by atoms with van der Waals surface area (Å²) in [6, 6.07) is 11.5. The number of carbonyl (C=O) groups excluding carboxylic acids is 1. The number of amides is 1. The van der Waals surface area contributed by atoms with Crippen LogP contribution in [0.2, 0.25) is 0 Å². The van der Waals surface area contributed by atoms with E-state index in [0.717, 1.165) is 25.8 Å². The number of rotatable bonds is 2. The van der Waals surface area contributed by atoms with Gasteiger partial charge in [0.05, 0.1) is 11.3 Å². The van der Waals surface area contributed by atoms with E-state index in [-0.39, 0.29) is 5.91 Å².